The molecule has 0 saturated heterocycles. The third kappa shape index (κ3) is 4.45. The van der Waals surface area contributed by atoms with Crippen molar-refractivity contribution in [3.63, 3.8) is 0 Å². The molecule has 1 atom stereocenters. The maximum atomic E-state index is 5.99. The quantitative estimate of drug-likeness (QED) is 0.797. The van der Waals surface area contributed by atoms with Crippen LogP contribution in [0.25, 0.3) is 0 Å². The largest absolute Gasteiger partial charge is 0.493 e. The van der Waals surface area contributed by atoms with E-state index in [2.05, 4.69) is 24.9 Å². The Kier molecular flexibility index (Phi) is 6.42. The van der Waals surface area contributed by atoms with E-state index in [9.17, 15) is 0 Å². The summed E-state index contributed by atoms with van der Waals surface area (Å²) in [5.74, 6) is 1.81. The van der Waals surface area contributed by atoms with Gasteiger partial charge in [-0.1, -0.05) is 13.0 Å². The first-order chi connectivity index (χ1) is 11.1. The number of hydrogen-bond acceptors (Lipinski definition) is 5. The summed E-state index contributed by atoms with van der Waals surface area (Å²) in [6.07, 6.45) is 1.83. The number of rotatable bonds is 8. The summed E-state index contributed by atoms with van der Waals surface area (Å²) in [6, 6.07) is 6.11. The normalized spacial score (nSPS) is 12.2. The third-order valence-electron chi connectivity index (χ3n) is 3.85. The highest BCUT2D eigenvalue weighted by atomic mass is 32.1. The van der Waals surface area contributed by atoms with E-state index in [0.717, 1.165) is 35.0 Å². The minimum atomic E-state index is 0.236. The summed E-state index contributed by atoms with van der Waals surface area (Å²) in [5, 5.41) is 1.12. The van der Waals surface area contributed by atoms with Crippen LogP contribution in [0.5, 0.6) is 11.5 Å². The van der Waals surface area contributed by atoms with Crippen LogP contribution >= 0.6 is 11.3 Å². The zero-order chi connectivity index (χ0) is 16.8. The maximum absolute atomic E-state index is 5.99. The summed E-state index contributed by atoms with van der Waals surface area (Å²) in [6.45, 7) is 7.52. The SMILES string of the molecule is CCCOc1ccc(CC(CN)c2nc(C)c(C)s2)cc1OC. The van der Waals surface area contributed by atoms with Crippen molar-refractivity contribution >= 4 is 11.3 Å². The van der Waals surface area contributed by atoms with Gasteiger partial charge in [0.15, 0.2) is 11.5 Å². The lowest BCUT2D eigenvalue weighted by Gasteiger charge is -2.15. The standard InChI is InChI=1S/C18H26N2O2S/c1-5-8-22-16-7-6-14(10-17(16)21-4)9-15(11-19)18-20-12(2)13(3)23-18/h6-7,10,15H,5,8-9,11,19H2,1-4H3. The molecule has 1 heterocycles. The highest BCUT2D eigenvalue weighted by Gasteiger charge is 2.17. The molecule has 0 spiro atoms. The zero-order valence-corrected chi connectivity index (χ0v) is 15.2. The van der Waals surface area contributed by atoms with Crippen molar-refractivity contribution in [2.45, 2.75) is 39.5 Å². The number of benzene rings is 1. The van der Waals surface area contributed by atoms with Gasteiger partial charge in [-0.3, -0.25) is 0 Å². The summed E-state index contributed by atoms with van der Waals surface area (Å²) in [5.41, 5.74) is 8.28. The average molecular weight is 334 g/mol. The number of nitrogens with zero attached hydrogens (tertiary/aromatic N) is 1. The van der Waals surface area contributed by atoms with Gasteiger partial charge in [0, 0.05) is 17.3 Å². The van der Waals surface area contributed by atoms with Gasteiger partial charge >= 0.3 is 0 Å². The van der Waals surface area contributed by atoms with Crippen molar-refractivity contribution in [1.29, 1.82) is 0 Å². The average Bonchev–Trinajstić information content (AvgIpc) is 2.90. The number of methoxy groups -OCH3 is 1. The number of aromatic nitrogens is 1. The molecule has 126 valence electrons. The van der Waals surface area contributed by atoms with Gasteiger partial charge in [-0.15, -0.1) is 11.3 Å². The van der Waals surface area contributed by atoms with E-state index < -0.39 is 0 Å². The lowest BCUT2D eigenvalue weighted by Crippen LogP contribution is -2.15. The van der Waals surface area contributed by atoms with Gasteiger partial charge < -0.3 is 15.2 Å². The molecule has 0 aliphatic carbocycles. The fourth-order valence-electron chi connectivity index (χ4n) is 2.40. The van der Waals surface area contributed by atoms with Gasteiger partial charge in [0.1, 0.15) is 0 Å². The van der Waals surface area contributed by atoms with Gasteiger partial charge in [-0.25, -0.2) is 4.98 Å². The molecule has 0 saturated carbocycles. The summed E-state index contributed by atoms with van der Waals surface area (Å²) in [4.78, 5) is 5.92. The second kappa shape index (κ2) is 8.31. The van der Waals surface area contributed by atoms with E-state index in [0.29, 0.717) is 13.2 Å². The van der Waals surface area contributed by atoms with Crippen LogP contribution in [0, 0.1) is 13.8 Å². The minimum absolute atomic E-state index is 0.236. The smallest absolute Gasteiger partial charge is 0.161 e. The van der Waals surface area contributed by atoms with Crippen molar-refractivity contribution in [2.75, 3.05) is 20.3 Å². The van der Waals surface area contributed by atoms with E-state index in [1.54, 1.807) is 18.4 Å². The van der Waals surface area contributed by atoms with E-state index in [1.165, 1.54) is 10.4 Å². The minimum Gasteiger partial charge on any atom is -0.493 e. The monoisotopic (exact) mass is 334 g/mol. The van der Waals surface area contributed by atoms with Crippen LogP contribution in [0.15, 0.2) is 18.2 Å². The first kappa shape index (κ1) is 17.8. The van der Waals surface area contributed by atoms with Gasteiger partial charge in [-0.2, -0.15) is 0 Å². The number of nitrogens with two attached hydrogens (primary N) is 1. The fourth-order valence-corrected chi connectivity index (χ4v) is 3.43. The molecule has 0 fully saturated rings. The maximum Gasteiger partial charge on any atom is 0.161 e. The molecule has 1 unspecified atom stereocenters. The van der Waals surface area contributed by atoms with Gasteiger partial charge in [0.25, 0.3) is 0 Å². The lowest BCUT2D eigenvalue weighted by molar-refractivity contribution is 0.294. The van der Waals surface area contributed by atoms with Crippen LogP contribution in [-0.2, 0) is 6.42 Å². The predicted octanol–water partition coefficient (Wildman–Crippen LogP) is 3.84. The first-order valence-corrected chi connectivity index (χ1v) is 8.84. The zero-order valence-electron chi connectivity index (χ0n) is 14.4. The summed E-state index contributed by atoms with van der Waals surface area (Å²) >= 11 is 1.74. The molecule has 1 aromatic heterocycles. The topological polar surface area (TPSA) is 57.4 Å². The third-order valence-corrected chi connectivity index (χ3v) is 5.09. The van der Waals surface area contributed by atoms with Crippen molar-refractivity contribution < 1.29 is 9.47 Å². The van der Waals surface area contributed by atoms with Crippen molar-refractivity contribution in [2.24, 2.45) is 5.73 Å². The molecule has 0 radical (unpaired) electrons. The number of hydrogen-bond donors (Lipinski definition) is 1. The molecular formula is C18H26N2O2S. The van der Waals surface area contributed by atoms with Gasteiger partial charge in [0.2, 0.25) is 0 Å². The van der Waals surface area contributed by atoms with Crippen molar-refractivity contribution in [1.82, 2.24) is 4.98 Å². The molecule has 23 heavy (non-hydrogen) atoms. The lowest BCUT2D eigenvalue weighted by atomic mass is 9.99. The second-order valence-corrected chi connectivity index (χ2v) is 6.90. The Morgan fingerprint density at radius 2 is 2.04 bits per heavy atom. The van der Waals surface area contributed by atoms with E-state index in [-0.39, 0.29) is 5.92 Å². The van der Waals surface area contributed by atoms with E-state index >= 15 is 0 Å². The predicted molar refractivity (Wildman–Crippen MR) is 95.9 cm³/mol. The summed E-state index contributed by atoms with van der Waals surface area (Å²) in [7, 11) is 1.67. The van der Waals surface area contributed by atoms with Crippen LogP contribution in [0.3, 0.4) is 0 Å². The fraction of sp³-hybridized carbons (Fsp3) is 0.500. The number of aryl methyl sites for hydroxylation is 2. The Labute approximate surface area is 142 Å². The Morgan fingerprint density at radius 3 is 2.61 bits per heavy atom. The molecule has 1 aromatic carbocycles. The van der Waals surface area contributed by atoms with Crippen LogP contribution in [0.4, 0.5) is 0 Å². The molecule has 5 heteroatoms. The molecule has 2 rings (SSSR count). The first-order valence-electron chi connectivity index (χ1n) is 8.02. The van der Waals surface area contributed by atoms with Crippen LogP contribution < -0.4 is 15.2 Å². The van der Waals surface area contributed by atoms with Gasteiger partial charge in [0.05, 0.1) is 24.4 Å². The molecule has 2 N–H and O–H groups in total. The Balaban J connectivity index is 2.17. The Bertz CT molecular complexity index is 620. The second-order valence-electron chi connectivity index (χ2n) is 5.66. The van der Waals surface area contributed by atoms with Crippen molar-refractivity contribution in [3.8, 4) is 11.5 Å². The molecule has 0 aliphatic heterocycles. The van der Waals surface area contributed by atoms with Crippen molar-refractivity contribution in [3.05, 3.63) is 39.3 Å². The Morgan fingerprint density at radius 1 is 1.26 bits per heavy atom. The molecule has 2 aromatic rings. The highest BCUT2D eigenvalue weighted by molar-refractivity contribution is 7.11. The highest BCUT2D eigenvalue weighted by Crippen LogP contribution is 2.31. The van der Waals surface area contributed by atoms with Crippen LogP contribution in [0.2, 0.25) is 0 Å². The van der Waals surface area contributed by atoms with Gasteiger partial charge in [-0.05, 0) is 44.4 Å². The molecule has 0 bridgehead atoms. The van der Waals surface area contributed by atoms with Crippen LogP contribution in [-0.4, -0.2) is 25.2 Å². The molecular weight excluding hydrogens is 308 g/mol. The molecule has 4 nitrogen and oxygen atoms in total. The number of thiazole rings is 1. The van der Waals surface area contributed by atoms with E-state index in [4.69, 9.17) is 15.2 Å². The molecule has 0 aliphatic rings. The Hall–Kier alpha value is -1.59. The number of ether oxygens (including phenoxy) is 2. The summed E-state index contributed by atoms with van der Waals surface area (Å²) < 4.78 is 11.2. The molecule has 0 amide bonds. The van der Waals surface area contributed by atoms with E-state index in [1.807, 2.05) is 19.1 Å². The van der Waals surface area contributed by atoms with Crippen LogP contribution in [0.1, 0.15) is 40.4 Å².